The topological polar surface area (TPSA) is 49.3 Å². The van der Waals surface area contributed by atoms with Gasteiger partial charge in [-0.3, -0.25) is 4.79 Å². The zero-order valence-electron chi connectivity index (χ0n) is 13.6. The molecule has 1 unspecified atom stereocenters. The molecule has 1 heterocycles. The molecule has 1 aromatic heterocycles. The standard InChI is InChI=1S/C19H23NO2S/c1-18(2,16-10-6-12-23-16)17(21)20-13-19(22)11-5-8-14-7-3-4-9-15(14)19/h3-4,6-7,9-10,12,22H,5,8,11,13H2,1-2H3,(H,20,21). The van der Waals surface area contributed by atoms with Crippen LogP contribution in [0.4, 0.5) is 0 Å². The summed E-state index contributed by atoms with van der Waals surface area (Å²) in [6, 6.07) is 11.9. The van der Waals surface area contributed by atoms with Gasteiger partial charge in [0.05, 0.1) is 12.0 Å². The zero-order chi connectivity index (χ0) is 16.5. The van der Waals surface area contributed by atoms with Gasteiger partial charge in [-0.25, -0.2) is 0 Å². The summed E-state index contributed by atoms with van der Waals surface area (Å²) in [7, 11) is 0. The number of fused-ring (bicyclic) bond motifs is 1. The molecule has 0 aliphatic heterocycles. The number of amides is 1. The molecule has 0 bridgehead atoms. The summed E-state index contributed by atoms with van der Waals surface area (Å²) in [6.45, 7) is 4.11. The fraction of sp³-hybridized carbons (Fsp3) is 0.421. The Labute approximate surface area is 141 Å². The Morgan fingerprint density at radius 1 is 1.30 bits per heavy atom. The quantitative estimate of drug-likeness (QED) is 0.903. The minimum atomic E-state index is -0.962. The van der Waals surface area contributed by atoms with Crippen LogP contribution in [0.15, 0.2) is 41.8 Å². The molecule has 1 aliphatic rings. The van der Waals surface area contributed by atoms with Crippen LogP contribution in [-0.4, -0.2) is 17.6 Å². The predicted molar refractivity (Wildman–Crippen MR) is 93.6 cm³/mol. The van der Waals surface area contributed by atoms with Crippen molar-refractivity contribution in [3.8, 4) is 0 Å². The van der Waals surface area contributed by atoms with E-state index in [1.165, 1.54) is 5.56 Å². The number of benzene rings is 1. The van der Waals surface area contributed by atoms with Crippen LogP contribution in [0.25, 0.3) is 0 Å². The largest absolute Gasteiger partial charge is 0.383 e. The molecule has 1 aliphatic carbocycles. The molecule has 1 aromatic carbocycles. The number of thiophene rings is 1. The molecule has 0 fully saturated rings. The molecule has 122 valence electrons. The fourth-order valence-electron chi connectivity index (χ4n) is 3.28. The van der Waals surface area contributed by atoms with E-state index < -0.39 is 11.0 Å². The normalized spacial score (nSPS) is 20.8. The summed E-state index contributed by atoms with van der Waals surface area (Å²) in [5, 5.41) is 16.0. The lowest BCUT2D eigenvalue weighted by Crippen LogP contribution is -2.47. The van der Waals surface area contributed by atoms with Gasteiger partial charge in [0.15, 0.2) is 0 Å². The lowest BCUT2D eigenvalue weighted by atomic mass is 9.79. The summed E-state index contributed by atoms with van der Waals surface area (Å²) in [4.78, 5) is 13.7. The number of hydrogen-bond donors (Lipinski definition) is 2. The van der Waals surface area contributed by atoms with E-state index in [1.807, 2.05) is 49.6 Å². The van der Waals surface area contributed by atoms with Gasteiger partial charge in [0.25, 0.3) is 0 Å². The van der Waals surface area contributed by atoms with Crippen LogP contribution in [0, 0.1) is 0 Å². The van der Waals surface area contributed by atoms with Crippen LogP contribution >= 0.6 is 11.3 Å². The van der Waals surface area contributed by atoms with Crippen molar-refractivity contribution >= 4 is 17.2 Å². The molecule has 0 saturated heterocycles. The highest BCUT2D eigenvalue weighted by Crippen LogP contribution is 2.35. The zero-order valence-corrected chi connectivity index (χ0v) is 14.5. The highest BCUT2D eigenvalue weighted by atomic mass is 32.1. The Bertz CT molecular complexity index is 693. The molecule has 23 heavy (non-hydrogen) atoms. The second-order valence-electron chi connectivity index (χ2n) is 6.83. The fourth-order valence-corrected chi connectivity index (χ4v) is 4.12. The maximum absolute atomic E-state index is 12.6. The SMILES string of the molecule is CC(C)(C(=O)NCC1(O)CCCc2ccccc21)c1cccs1. The first-order chi connectivity index (χ1) is 10.9. The molecule has 0 saturated carbocycles. The van der Waals surface area contributed by atoms with Crippen LogP contribution < -0.4 is 5.32 Å². The Hall–Kier alpha value is -1.65. The summed E-state index contributed by atoms with van der Waals surface area (Å²) in [5.74, 6) is -0.0450. The third-order valence-corrected chi connectivity index (χ3v) is 5.99. The van der Waals surface area contributed by atoms with Crippen LogP contribution in [0.3, 0.4) is 0 Å². The van der Waals surface area contributed by atoms with E-state index in [0.29, 0.717) is 6.42 Å². The molecule has 2 aromatic rings. The Balaban J connectivity index is 1.75. The van der Waals surface area contributed by atoms with Gasteiger partial charge in [0.1, 0.15) is 5.60 Å². The first-order valence-corrected chi connectivity index (χ1v) is 8.94. The van der Waals surface area contributed by atoms with Crippen molar-refractivity contribution in [1.29, 1.82) is 0 Å². The van der Waals surface area contributed by atoms with Gasteiger partial charge in [0, 0.05) is 4.88 Å². The van der Waals surface area contributed by atoms with Gasteiger partial charge in [-0.1, -0.05) is 30.3 Å². The molecule has 1 amide bonds. The van der Waals surface area contributed by atoms with E-state index in [1.54, 1.807) is 11.3 Å². The van der Waals surface area contributed by atoms with Crippen molar-refractivity contribution in [3.05, 3.63) is 57.8 Å². The van der Waals surface area contributed by atoms with Gasteiger partial charge in [0.2, 0.25) is 5.91 Å². The average molecular weight is 329 g/mol. The molecule has 4 heteroatoms. The highest BCUT2D eigenvalue weighted by molar-refractivity contribution is 7.10. The van der Waals surface area contributed by atoms with Gasteiger partial charge < -0.3 is 10.4 Å². The number of hydrogen-bond acceptors (Lipinski definition) is 3. The first kappa shape index (κ1) is 16.2. The number of aryl methyl sites for hydroxylation is 1. The Morgan fingerprint density at radius 3 is 2.83 bits per heavy atom. The van der Waals surface area contributed by atoms with Crippen molar-refractivity contribution in [3.63, 3.8) is 0 Å². The molecule has 2 N–H and O–H groups in total. The lowest BCUT2D eigenvalue weighted by molar-refractivity contribution is -0.127. The van der Waals surface area contributed by atoms with Crippen molar-refractivity contribution < 1.29 is 9.90 Å². The number of carbonyl (C=O) groups is 1. The van der Waals surface area contributed by atoms with Gasteiger partial charge in [-0.05, 0) is 55.7 Å². The van der Waals surface area contributed by atoms with E-state index in [0.717, 1.165) is 23.3 Å². The monoisotopic (exact) mass is 329 g/mol. The van der Waals surface area contributed by atoms with Gasteiger partial charge in [-0.15, -0.1) is 11.3 Å². The minimum Gasteiger partial charge on any atom is -0.383 e. The second kappa shape index (κ2) is 6.10. The minimum absolute atomic E-state index is 0.0450. The number of nitrogens with one attached hydrogen (secondary N) is 1. The van der Waals surface area contributed by atoms with Crippen LogP contribution in [-0.2, 0) is 22.2 Å². The highest BCUT2D eigenvalue weighted by Gasteiger charge is 2.37. The Kier molecular flexibility index (Phi) is 4.30. The predicted octanol–water partition coefficient (Wildman–Crippen LogP) is 3.37. The van der Waals surface area contributed by atoms with Crippen molar-refractivity contribution in [1.82, 2.24) is 5.32 Å². The van der Waals surface area contributed by atoms with Gasteiger partial charge in [-0.2, -0.15) is 0 Å². The molecule has 0 radical (unpaired) electrons. The van der Waals surface area contributed by atoms with Crippen LogP contribution in [0.5, 0.6) is 0 Å². The van der Waals surface area contributed by atoms with E-state index in [-0.39, 0.29) is 12.5 Å². The molecule has 1 atom stereocenters. The molecular formula is C19H23NO2S. The average Bonchev–Trinajstić information content (AvgIpc) is 3.08. The van der Waals surface area contributed by atoms with E-state index in [4.69, 9.17) is 0 Å². The number of aliphatic hydroxyl groups is 1. The van der Waals surface area contributed by atoms with E-state index in [9.17, 15) is 9.90 Å². The van der Waals surface area contributed by atoms with E-state index in [2.05, 4.69) is 11.4 Å². The molecule has 3 rings (SSSR count). The maximum Gasteiger partial charge on any atom is 0.231 e. The van der Waals surface area contributed by atoms with Crippen molar-refractivity contribution in [2.75, 3.05) is 6.54 Å². The summed E-state index contributed by atoms with van der Waals surface area (Å²) >= 11 is 1.58. The second-order valence-corrected chi connectivity index (χ2v) is 7.77. The number of carbonyl (C=O) groups excluding carboxylic acids is 1. The number of rotatable bonds is 4. The van der Waals surface area contributed by atoms with Crippen LogP contribution in [0.2, 0.25) is 0 Å². The molecule has 0 spiro atoms. The van der Waals surface area contributed by atoms with Crippen LogP contribution in [0.1, 0.15) is 42.7 Å². The smallest absolute Gasteiger partial charge is 0.231 e. The molecule has 3 nitrogen and oxygen atoms in total. The summed E-state index contributed by atoms with van der Waals surface area (Å²) < 4.78 is 0. The molecular weight excluding hydrogens is 306 g/mol. The first-order valence-electron chi connectivity index (χ1n) is 8.06. The Morgan fingerprint density at radius 2 is 2.09 bits per heavy atom. The van der Waals surface area contributed by atoms with E-state index >= 15 is 0 Å². The summed E-state index contributed by atoms with van der Waals surface area (Å²) in [6.07, 6.45) is 2.62. The van der Waals surface area contributed by atoms with Crippen molar-refractivity contribution in [2.45, 2.75) is 44.1 Å². The third kappa shape index (κ3) is 3.06. The lowest BCUT2D eigenvalue weighted by Gasteiger charge is -2.35. The third-order valence-electron chi connectivity index (χ3n) is 4.80. The van der Waals surface area contributed by atoms with Crippen molar-refractivity contribution in [2.24, 2.45) is 0 Å². The maximum atomic E-state index is 12.6. The van der Waals surface area contributed by atoms with Gasteiger partial charge >= 0.3 is 0 Å². The summed E-state index contributed by atoms with van der Waals surface area (Å²) in [5.41, 5.74) is 0.600.